The molecular formula is C18H22N2. The van der Waals surface area contributed by atoms with E-state index in [4.69, 9.17) is 0 Å². The molecule has 20 heavy (non-hydrogen) atoms. The first kappa shape index (κ1) is 11.4. The van der Waals surface area contributed by atoms with E-state index in [1.165, 1.54) is 49.4 Å². The fourth-order valence-electron chi connectivity index (χ4n) is 5.29. The van der Waals surface area contributed by atoms with Crippen LogP contribution >= 0.6 is 0 Å². The number of hydrogen-bond acceptors (Lipinski definition) is 1. The highest BCUT2D eigenvalue weighted by atomic mass is 15.0. The van der Waals surface area contributed by atoms with E-state index in [1.807, 2.05) is 0 Å². The Labute approximate surface area is 120 Å². The highest BCUT2D eigenvalue weighted by Crippen LogP contribution is 2.48. The molecule has 1 saturated carbocycles. The van der Waals surface area contributed by atoms with Crippen LogP contribution in [-0.2, 0) is 6.42 Å². The first-order valence-electron chi connectivity index (χ1n) is 8.27. The Morgan fingerprint density at radius 1 is 0.950 bits per heavy atom. The number of hydrogen-bond donors (Lipinski definition) is 2. The lowest BCUT2D eigenvalue weighted by atomic mass is 9.70. The molecule has 5 rings (SSSR count). The van der Waals surface area contributed by atoms with Crippen molar-refractivity contribution in [2.45, 2.75) is 56.5 Å². The Morgan fingerprint density at radius 3 is 2.90 bits per heavy atom. The van der Waals surface area contributed by atoms with Gasteiger partial charge in [0.2, 0.25) is 0 Å². The monoisotopic (exact) mass is 266 g/mol. The SMILES string of the molecule is c1cc2c3c(ccc2[nH]1)[C@@H]1C(CC3)NC2CCCCC21. The van der Waals surface area contributed by atoms with Gasteiger partial charge in [-0.3, -0.25) is 0 Å². The molecule has 3 aliphatic rings. The molecule has 2 heterocycles. The van der Waals surface area contributed by atoms with Crippen molar-refractivity contribution in [2.75, 3.05) is 0 Å². The number of fused-ring (bicyclic) bond motifs is 7. The lowest BCUT2D eigenvalue weighted by molar-refractivity contribution is 0.305. The average Bonchev–Trinajstić information content (AvgIpc) is 3.10. The Morgan fingerprint density at radius 2 is 1.90 bits per heavy atom. The molecule has 2 nitrogen and oxygen atoms in total. The summed E-state index contributed by atoms with van der Waals surface area (Å²) in [4.78, 5) is 3.37. The van der Waals surface area contributed by atoms with Gasteiger partial charge in [-0.25, -0.2) is 0 Å². The molecule has 0 bridgehead atoms. The smallest absolute Gasteiger partial charge is 0.0456 e. The van der Waals surface area contributed by atoms with Crippen LogP contribution in [0.3, 0.4) is 0 Å². The summed E-state index contributed by atoms with van der Waals surface area (Å²) in [6, 6.07) is 8.53. The summed E-state index contributed by atoms with van der Waals surface area (Å²) in [6.07, 6.45) is 10.4. The maximum absolute atomic E-state index is 3.97. The van der Waals surface area contributed by atoms with Crippen molar-refractivity contribution in [2.24, 2.45) is 5.92 Å². The summed E-state index contributed by atoms with van der Waals surface area (Å²) in [5.41, 5.74) is 4.61. The first-order valence-corrected chi connectivity index (χ1v) is 8.27. The van der Waals surface area contributed by atoms with Crippen LogP contribution in [-0.4, -0.2) is 17.1 Å². The van der Waals surface area contributed by atoms with E-state index in [1.54, 1.807) is 11.1 Å². The molecule has 1 aromatic carbocycles. The number of aryl methyl sites for hydroxylation is 1. The molecule has 0 spiro atoms. The van der Waals surface area contributed by atoms with Gasteiger partial charge in [0.15, 0.2) is 0 Å². The summed E-state index contributed by atoms with van der Waals surface area (Å²) in [5.74, 6) is 1.67. The highest BCUT2D eigenvalue weighted by molar-refractivity contribution is 5.84. The van der Waals surface area contributed by atoms with Crippen molar-refractivity contribution in [1.29, 1.82) is 0 Å². The van der Waals surface area contributed by atoms with Crippen LogP contribution in [0.25, 0.3) is 10.9 Å². The van der Waals surface area contributed by atoms with Gasteiger partial charge in [0.05, 0.1) is 0 Å². The molecule has 1 aromatic heterocycles. The maximum Gasteiger partial charge on any atom is 0.0456 e. The average molecular weight is 266 g/mol. The third kappa shape index (κ3) is 1.43. The van der Waals surface area contributed by atoms with Gasteiger partial charge in [-0.2, -0.15) is 0 Å². The summed E-state index contributed by atoms with van der Waals surface area (Å²) in [7, 11) is 0. The van der Waals surface area contributed by atoms with Gasteiger partial charge in [-0.05, 0) is 54.9 Å². The van der Waals surface area contributed by atoms with Crippen molar-refractivity contribution >= 4 is 10.9 Å². The Kier molecular flexibility index (Phi) is 2.34. The zero-order valence-corrected chi connectivity index (χ0v) is 11.9. The van der Waals surface area contributed by atoms with E-state index < -0.39 is 0 Å². The largest absolute Gasteiger partial charge is 0.361 e. The topological polar surface area (TPSA) is 27.8 Å². The van der Waals surface area contributed by atoms with Crippen LogP contribution in [0.1, 0.15) is 49.1 Å². The van der Waals surface area contributed by atoms with Gasteiger partial charge in [-0.15, -0.1) is 0 Å². The van der Waals surface area contributed by atoms with E-state index in [9.17, 15) is 0 Å². The Balaban J connectivity index is 1.66. The molecule has 2 N–H and O–H groups in total. The third-order valence-corrected chi connectivity index (χ3v) is 6.09. The van der Waals surface area contributed by atoms with E-state index >= 15 is 0 Å². The zero-order chi connectivity index (χ0) is 13.1. The number of benzene rings is 1. The van der Waals surface area contributed by atoms with Crippen molar-refractivity contribution in [3.8, 4) is 0 Å². The standard InChI is InChI=1S/C18H22N2/c1-2-4-16-14(3-1)18-13-6-7-15-12(9-10-19-15)11(13)5-8-17(18)20-16/h6-7,9-10,14,16-20H,1-5,8H2/t14?,16?,17?,18-/m0/s1. The van der Waals surface area contributed by atoms with Crippen molar-refractivity contribution in [3.05, 3.63) is 35.5 Å². The molecule has 2 heteroatoms. The second kappa shape index (κ2) is 4.11. The zero-order valence-electron chi connectivity index (χ0n) is 11.9. The number of rotatable bonds is 0. The number of aromatic nitrogens is 1. The molecule has 1 saturated heterocycles. The summed E-state index contributed by atoms with van der Waals surface area (Å²) >= 11 is 0. The molecule has 104 valence electrons. The van der Waals surface area contributed by atoms with Crippen molar-refractivity contribution in [3.63, 3.8) is 0 Å². The minimum Gasteiger partial charge on any atom is -0.361 e. The second-order valence-corrected chi connectivity index (χ2v) is 6.96. The fourth-order valence-corrected chi connectivity index (χ4v) is 5.29. The van der Waals surface area contributed by atoms with Crippen molar-refractivity contribution < 1.29 is 0 Å². The van der Waals surface area contributed by atoms with Gasteiger partial charge in [0, 0.05) is 35.1 Å². The van der Waals surface area contributed by atoms with Crippen LogP contribution in [0.2, 0.25) is 0 Å². The fraction of sp³-hybridized carbons (Fsp3) is 0.556. The quantitative estimate of drug-likeness (QED) is 0.747. The van der Waals surface area contributed by atoms with Crippen LogP contribution < -0.4 is 5.32 Å². The van der Waals surface area contributed by atoms with Crippen LogP contribution in [0, 0.1) is 5.92 Å². The molecule has 2 fully saturated rings. The summed E-state index contributed by atoms with van der Waals surface area (Å²) < 4.78 is 0. The lowest BCUT2D eigenvalue weighted by Gasteiger charge is -2.33. The lowest BCUT2D eigenvalue weighted by Crippen LogP contribution is -2.34. The summed E-state index contributed by atoms with van der Waals surface area (Å²) in [5, 5.41) is 5.44. The number of H-pyrrole nitrogens is 1. The molecule has 3 unspecified atom stereocenters. The Bertz CT molecular complexity index is 656. The van der Waals surface area contributed by atoms with Crippen molar-refractivity contribution in [1.82, 2.24) is 10.3 Å². The van der Waals surface area contributed by atoms with Gasteiger partial charge >= 0.3 is 0 Å². The van der Waals surface area contributed by atoms with E-state index in [0.29, 0.717) is 0 Å². The number of nitrogens with one attached hydrogen (secondary N) is 2. The van der Waals surface area contributed by atoms with Crippen LogP contribution in [0.15, 0.2) is 24.4 Å². The van der Waals surface area contributed by atoms with Gasteiger partial charge in [0.1, 0.15) is 0 Å². The molecule has 0 amide bonds. The third-order valence-electron chi connectivity index (χ3n) is 6.09. The predicted molar refractivity (Wildman–Crippen MR) is 82.0 cm³/mol. The number of aromatic amines is 1. The predicted octanol–water partition coefficient (Wildman–Crippen LogP) is 3.73. The van der Waals surface area contributed by atoms with E-state index in [-0.39, 0.29) is 0 Å². The molecule has 2 aliphatic carbocycles. The van der Waals surface area contributed by atoms with Crippen LogP contribution in [0.4, 0.5) is 0 Å². The minimum absolute atomic E-state index is 0.743. The summed E-state index contributed by atoms with van der Waals surface area (Å²) in [6.45, 7) is 0. The maximum atomic E-state index is 3.97. The molecular weight excluding hydrogens is 244 g/mol. The molecule has 1 aliphatic heterocycles. The van der Waals surface area contributed by atoms with Crippen LogP contribution in [0.5, 0.6) is 0 Å². The van der Waals surface area contributed by atoms with Gasteiger partial charge < -0.3 is 10.3 Å². The van der Waals surface area contributed by atoms with Gasteiger partial charge in [0.25, 0.3) is 0 Å². The molecule has 0 radical (unpaired) electrons. The van der Waals surface area contributed by atoms with Gasteiger partial charge in [-0.1, -0.05) is 18.9 Å². The Hall–Kier alpha value is -1.28. The highest BCUT2D eigenvalue weighted by Gasteiger charge is 2.46. The first-order chi connectivity index (χ1) is 9.92. The van der Waals surface area contributed by atoms with E-state index in [2.05, 4.69) is 34.7 Å². The normalized spacial score (nSPS) is 35.6. The minimum atomic E-state index is 0.743. The molecule has 4 atom stereocenters. The second-order valence-electron chi connectivity index (χ2n) is 6.96. The van der Waals surface area contributed by atoms with E-state index in [0.717, 1.165) is 23.9 Å². The molecule has 2 aromatic rings.